The summed E-state index contributed by atoms with van der Waals surface area (Å²) < 4.78 is 12.8. The second-order valence-electron chi connectivity index (χ2n) is 7.54. The molecule has 0 saturated carbocycles. The Balaban J connectivity index is 2.25. The van der Waals surface area contributed by atoms with Crippen molar-refractivity contribution in [3.05, 3.63) is 58.1 Å². The predicted octanol–water partition coefficient (Wildman–Crippen LogP) is 6.22. The first-order chi connectivity index (χ1) is 11.7. The predicted molar refractivity (Wildman–Crippen MR) is 108 cm³/mol. The van der Waals surface area contributed by atoms with Crippen LogP contribution in [0.15, 0.2) is 46.9 Å². The van der Waals surface area contributed by atoms with E-state index in [1.807, 2.05) is 36.4 Å². The van der Waals surface area contributed by atoms with E-state index in [4.69, 9.17) is 9.16 Å². The van der Waals surface area contributed by atoms with Crippen molar-refractivity contribution in [3.8, 4) is 11.5 Å². The lowest BCUT2D eigenvalue weighted by Crippen LogP contribution is -2.44. The summed E-state index contributed by atoms with van der Waals surface area (Å²) in [6.07, 6.45) is 0.808. The Morgan fingerprint density at radius 2 is 1.64 bits per heavy atom. The largest absolute Gasteiger partial charge is 0.543 e. The van der Waals surface area contributed by atoms with Gasteiger partial charge in [-0.15, -0.1) is 0 Å². The average Bonchev–Trinajstić information content (AvgIpc) is 2.55. The first kappa shape index (κ1) is 19.7. The van der Waals surface area contributed by atoms with Crippen LogP contribution in [0.25, 0.3) is 0 Å². The molecule has 0 saturated heterocycles. The van der Waals surface area contributed by atoms with Gasteiger partial charge in [0, 0.05) is 0 Å². The van der Waals surface area contributed by atoms with Crippen LogP contribution in [0.3, 0.4) is 0 Å². The molecule has 25 heavy (non-hydrogen) atoms. The van der Waals surface area contributed by atoms with Crippen molar-refractivity contribution in [1.29, 1.82) is 0 Å². The van der Waals surface area contributed by atoms with Gasteiger partial charge < -0.3 is 9.16 Å². The molecule has 0 aliphatic heterocycles. The summed E-state index contributed by atoms with van der Waals surface area (Å²) in [5, 5.41) is 0.0796. The van der Waals surface area contributed by atoms with Gasteiger partial charge in [-0.2, -0.15) is 0 Å². The Morgan fingerprint density at radius 1 is 1.04 bits per heavy atom. The van der Waals surface area contributed by atoms with Crippen LogP contribution in [0.4, 0.5) is 0 Å². The Kier molecular flexibility index (Phi) is 6.11. The third kappa shape index (κ3) is 4.73. The second-order valence-corrected chi connectivity index (χ2v) is 13.1. The van der Waals surface area contributed by atoms with Crippen molar-refractivity contribution in [1.82, 2.24) is 0 Å². The normalized spacial score (nSPS) is 11.9. The van der Waals surface area contributed by atoms with Gasteiger partial charge in [-0.3, -0.25) is 4.79 Å². The Bertz CT molecular complexity index is 737. The van der Waals surface area contributed by atoms with Crippen molar-refractivity contribution in [2.45, 2.75) is 45.5 Å². The lowest BCUT2D eigenvalue weighted by Gasteiger charge is -2.36. The highest BCUT2D eigenvalue weighted by molar-refractivity contribution is 9.10. The van der Waals surface area contributed by atoms with Crippen LogP contribution in [0.2, 0.25) is 18.1 Å². The summed E-state index contributed by atoms with van der Waals surface area (Å²) in [7, 11) is -1.99. The van der Waals surface area contributed by atoms with Gasteiger partial charge in [0.15, 0.2) is 6.29 Å². The van der Waals surface area contributed by atoms with Gasteiger partial charge in [0.25, 0.3) is 8.32 Å². The monoisotopic (exact) mass is 420 g/mol. The summed E-state index contributed by atoms with van der Waals surface area (Å²) in [5.41, 5.74) is 1.53. The highest BCUT2D eigenvalue weighted by atomic mass is 79.9. The SMILES string of the molecule is CC(C)(C)[Si](C)(C)Oc1ccc(OCc2ccccc2)c(C=O)c1Br. The van der Waals surface area contributed by atoms with Gasteiger partial charge in [-0.25, -0.2) is 0 Å². The van der Waals surface area contributed by atoms with E-state index in [1.54, 1.807) is 6.07 Å². The molecule has 0 spiro atoms. The van der Waals surface area contributed by atoms with Gasteiger partial charge in [0.2, 0.25) is 0 Å². The van der Waals surface area contributed by atoms with Crippen molar-refractivity contribution < 1.29 is 14.0 Å². The summed E-state index contributed by atoms with van der Waals surface area (Å²) >= 11 is 3.52. The van der Waals surface area contributed by atoms with E-state index in [-0.39, 0.29) is 5.04 Å². The molecule has 2 aromatic carbocycles. The molecule has 0 bridgehead atoms. The zero-order valence-electron chi connectivity index (χ0n) is 15.4. The number of ether oxygens (including phenoxy) is 1. The van der Waals surface area contributed by atoms with Crippen LogP contribution in [0.1, 0.15) is 36.7 Å². The molecule has 0 N–H and O–H groups in total. The molecule has 0 amide bonds. The number of rotatable bonds is 6. The molecule has 0 aliphatic carbocycles. The van der Waals surface area contributed by atoms with Crippen LogP contribution >= 0.6 is 15.9 Å². The van der Waals surface area contributed by atoms with Crippen molar-refractivity contribution in [3.63, 3.8) is 0 Å². The van der Waals surface area contributed by atoms with E-state index in [0.717, 1.165) is 11.8 Å². The van der Waals surface area contributed by atoms with E-state index in [0.29, 0.717) is 28.1 Å². The first-order valence-corrected chi connectivity index (χ1v) is 12.0. The topological polar surface area (TPSA) is 35.5 Å². The molecule has 0 fully saturated rings. The van der Waals surface area contributed by atoms with Crippen molar-refractivity contribution >= 4 is 30.5 Å². The van der Waals surface area contributed by atoms with Crippen LogP contribution < -0.4 is 9.16 Å². The maximum atomic E-state index is 11.6. The lowest BCUT2D eigenvalue weighted by molar-refractivity contribution is 0.111. The fourth-order valence-corrected chi connectivity index (χ4v) is 3.71. The maximum Gasteiger partial charge on any atom is 0.250 e. The quantitative estimate of drug-likeness (QED) is 0.410. The van der Waals surface area contributed by atoms with Gasteiger partial charge in [0.05, 0.1) is 10.0 Å². The fourth-order valence-electron chi connectivity index (χ4n) is 2.03. The zero-order chi connectivity index (χ0) is 18.7. The summed E-state index contributed by atoms with van der Waals surface area (Å²) in [5.74, 6) is 1.24. The average molecular weight is 421 g/mol. The number of halogens is 1. The van der Waals surface area contributed by atoms with Gasteiger partial charge in [-0.1, -0.05) is 51.1 Å². The number of benzene rings is 2. The minimum absolute atomic E-state index is 0.0796. The fraction of sp³-hybridized carbons (Fsp3) is 0.350. The summed E-state index contributed by atoms with van der Waals surface area (Å²) in [6, 6.07) is 13.5. The van der Waals surface area contributed by atoms with Gasteiger partial charge in [-0.05, 0) is 51.8 Å². The van der Waals surface area contributed by atoms with E-state index >= 15 is 0 Å². The highest BCUT2D eigenvalue weighted by Gasteiger charge is 2.39. The van der Waals surface area contributed by atoms with E-state index in [9.17, 15) is 4.79 Å². The molecule has 0 atom stereocenters. The molecular weight excluding hydrogens is 396 g/mol. The van der Waals surface area contributed by atoms with E-state index in [2.05, 4.69) is 49.8 Å². The molecule has 0 aliphatic rings. The maximum absolute atomic E-state index is 11.6. The second kappa shape index (κ2) is 7.75. The van der Waals surface area contributed by atoms with Crippen LogP contribution in [-0.2, 0) is 6.61 Å². The van der Waals surface area contributed by atoms with E-state index in [1.165, 1.54) is 0 Å². The van der Waals surface area contributed by atoms with Gasteiger partial charge in [0.1, 0.15) is 18.1 Å². The van der Waals surface area contributed by atoms with E-state index < -0.39 is 8.32 Å². The van der Waals surface area contributed by atoms with Crippen molar-refractivity contribution in [2.24, 2.45) is 0 Å². The smallest absolute Gasteiger partial charge is 0.250 e. The van der Waals surface area contributed by atoms with Crippen LogP contribution in [0, 0.1) is 0 Å². The number of carbonyl (C=O) groups is 1. The third-order valence-electron chi connectivity index (χ3n) is 4.63. The number of carbonyl (C=O) groups excluding carboxylic acids is 1. The number of aldehydes is 1. The highest BCUT2D eigenvalue weighted by Crippen LogP contribution is 2.41. The molecule has 0 aromatic heterocycles. The molecule has 0 unspecified atom stereocenters. The molecule has 2 aromatic rings. The molecule has 5 heteroatoms. The zero-order valence-corrected chi connectivity index (χ0v) is 18.0. The Morgan fingerprint density at radius 3 is 2.20 bits per heavy atom. The Labute approximate surface area is 159 Å². The molecule has 2 rings (SSSR count). The molecule has 0 heterocycles. The summed E-state index contributed by atoms with van der Waals surface area (Å²) in [6.45, 7) is 11.3. The number of hydrogen-bond acceptors (Lipinski definition) is 3. The van der Waals surface area contributed by atoms with Crippen LogP contribution in [0.5, 0.6) is 11.5 Å². The molecule has 3 nitrogen and oxygen atoms in total. The number of hydrogen-bond donors (Lipinski definition) is 0. The summed E-state index contributed by atoms with van der Waals surface area (Å²) in [4.78, 5) is 11.6. The van der Waals surface area contributed by atoms with Crippen LogP contribution in [-0.4, -0.2) is 14.6 Å². The lowest BCUT2D eigenvalue weighted by atomic mass is 10.2. The molecule has 0 radical (unpaired) electrons. The standard InChI is InChI=1S/C20H25BrO3Si/c1-20(2,3)25(4,5)24-18-12-11-17(16(13-22)19(18)21)23-14-15-9-7-6-8-10-15/h6-13H,14H2,1-5H3. The third-order valence-corrected chi connectivity index (χ3v) is 9.79. The van der Waals surface area contributed by atoms with Crippen molar-refractivity contribution in [2.75, 3.05) is 0 Å². The van der Waals surface area contributed by atoms with Gasteiger partial charge >= 0.3 is 0 Å². The minimum Gasteiger partial charge on any atom is -0.543 e. The molecule has 134 valence electrons. The molecular formula is C20H25BrO3Si. The Hall–Kier alpha value is -1.59. The first-order valence-electron chi connectivity index (χ1n) is 8.29. The minimum atomic E-state index is -1.99.